The van der Waals surface area contributed by atoms with Gasteiger partial charge in [0.1, 0.15) is 0 Å². The van der Waals surface area contributed by atoms with Crippen molar-refractivity contribution < 1.29 is 9.59 Å². The molecule has 5 heteroatoms. The number of anilines is 2. The second-order valence-corrected chi connectivity index (χ2v) is 5.70. The number of carbonyl (C=O) groups is 2. The van der Waals surface area contributed by atoms with Gasteiger partial charge in [-0.1, -0.05) is 37.3 Å². The monoisotopic (exact) mass is 325 g/mol. The third-order valence-corrected chi connectivity index (χ3v) is 3.62. The predicted molar refractivity (Wildman–Crippen MR) is 97.3 cm³/mol. The van der Waals surface area contributed by atoms with Crippen molar-refractivity contribution >= 4 is 23.2 Å². The third kappa shape index (κ3) is 4.59. The van der Waals surface area contributed by atoms with E-state index in [1.54, 1.807) is 19.1 Å². The molecule has 0 unspecified atom stereocenters. The molecule has 2 N–H and O–H groups in total. The summed E-state index contributed by atoms with van der Waals surface area (Å²) in [5, 5.41) is 5.72. The average Bonchev–Trinajstić information content (AvgIpc) is 2.60. The Balaban J connectivity index is 2.19. The van der Waals surface area contributed by atoms with Gasteiger partial charge in [0.05, 0.1) is 5.56 Å². The van der Waals surface area contributed by atoms with Gasteiger partial charge in [0.2, 0.25) is 5.91 Å². The summed E-state index contributed by atoms with van der Waals surface area (Å²) in [6, 6.07) is 15.1. The van der Waals surface area contributed by atoms with Crippen LogP contribution in [0.25, 0.3) is 0 Å². The lowest BCUT2D eigenvalue weighted by Crippen LogP contribution is -2.25. The van der Waals surface area contributed by atoms with Crippen LogP contribution in [0.5, 0.6) is 0 Å². The van der Waals surface area contributed by atoms with Crippen molar-refractivity contribution in [3.63, 3.8) is 0 Å². The SMILES string of the molecule is CCC(=O)Nc1ccc(N(C)C)c(C(=O)NCc2ccccc2)c1. The van der Waals surface area contributed by atoms with Gasteiger partial charge in [0.25, 0.3) is 5.91 Å². The van der Waals surface area contributed by atoms with Crippen molar-refractivity contribution in [1.82, 2.24) is 5.32 Å². The van der Waals surface area contributed by atoms with Crippen LogP contribution in [0.3, 0.4) is 0 Å². The molecule has 0 heterocycles. The number of rotatable bonds is 6. The zero-order valence-corrected chi connectivity index (χ0v) is 14.3. The molecule has 0 aromatic heterocycles. The lowest BCUT2D eigenvalue weighted by molar-refractivity contribution is -0.115. The molecule has 0 aliphatic heterocycles. The molecule has 2 rings (SSSR count). The standard InChI is InChI=1S/C19H23N3O2/c1-4-18(23)21-15-10-11-17(22(2)3)16(12-15)19(24)20-13-14-8-6-5-7-9-14/h5-12H,4,13H2,1-3H3,(H,20,24)(H,21,23). The van der Waals surface area contributed by atoms with Crippen LogP contribution < -0.4 is 15.5 Å². The molecule has 0 saturated heterocycles. The van der Waals surface area contributed by atoms with E-state index in [1.165, 1.54) is 0 Å². The highest BCUT2D eigenvalue weighted by atomic mass is 16.2. The molecule has 24 heavy (non-hydrogen) atoms. The van der Waals surface area contributed by atoms with Crippen molar-refractivity contribution in [1.29, 1.82) is 0 Å². The van der Waals surface area contributed by atoms with Gasteiger partial charge in [0.15, 0.2) is 0 Å². The fraction of sp³-hybridized carbons (Fsp3) is 0.263. The minimum absolute atomic E-state index is 0.0803. The summed E-state index contributed by atoms with van der Waals surface area (Å²) in [7, 11) is 3.77. The number of nitrogens with zero attached hydrogens (tertiary/aromatic N) is 1. The summed E-state index contributed by atoms with van der Waals surface area (Å²) in [5.74, 6) is -0.251. The molecule has 2 aromatic carbocycles. The number of hydrogen-bond acceptors (Lipinski definition) is 3. The molecule has 5 nitrogen and oxygen atoms in total. The second kappa shape index (κ2) is 8.15. The molecule has 0 aliphatic rings. The van der Waals surface area contributed by atoms with Gasteiger partial charge in [0, 0.05) is 38.4 Å². The maximum absolute atomic E-state index is 12.6. The van der Waals surface area contributed by atoms with Gasteiger partial charge in [-0.2, -0.15) is 0 Å². The Morgan fingerprint density at radius 3 is 2.38 bits per heavy atom. The summed E-state index contributed by atoms with van der Waals surface area (Å²) in [4.78, 5) is 26.0. The highest BCUT2D eigenvalue weighted by Crippen LogP contribution is 2.23. The molecular formula is C19H23N3O2. The zero-order chi connectivity index (χ0) is 17.5. The Morgan fingerprint density at radius 1 is 1.04 bits per heavy atom. The molecule has 2 aromatic rings. The second-order valence-electron chi connectivity index (χ2n) is 5.70. The van der Waals surface area contributed by atoms with Gasteiger partial charge in [-0.15, -0.1) is 0 Å². The van der Waals surface area contributed by atoms with Crippen LogP contribution in [0.15, 0.2) is 48.5 Å². The number of amides is 2. The van der Waals surface area contributed by atoms with Gasteiger partial charge in [-0.25, -0.2) is 0 Å². The lowest BCUT2D eigenvalue weighted by Gasteiger charge is -2.18. The fourth-order valence-electron chi connectivity index (χ4n) is 2.31. The van der Waals surface area contributed by atoms with E-state index < -0.39 is 0 Å². The first-order valence-electron chi connectivity index (χ1n) is 7.94. The molecule has 0 bridgehead atoms. The lowest BCUT2D eigenvalue weighted by atomic mass is 10.1. The van der Waals surface area contributed by atoms with E-state index in [4.69, 9.17) is 0 Å². The van der Waals surface area contributed by atoms with E-state index in [0.717, 1.165) is 11.3 Å². The highest BCUT2D eigenvalue weighted by molar-refractivity contribution is 6.02. The number of hydrogen-bond donors (Lipinski definition) is 2. The topological polar surface area (TPSA) is 61.4 Å². The molecule has 0 atom stereocenters. The highest BCUT2D eigenvalue weighted by Gasteiger charge is 2.14. The maximum atomic E-state index is 12.6. The maximum Gasteiger partial charge on any atom is 0.253 e. The quantitative estimate of drug-likeness (QED) is 0.858. The number of benzene rings is 2. The largest absolute Gasteiger partial charge is 0.377 e. The average molecular weight is 325 g/mol. The van der Waals surface area contributed by atoms with E-state index in [1.807, 2.05) is 55.4 Å². The number of nitrogens with one attached hydrogen (secondary N) is 2. The summed E-state index contributed by atoms with van der Waals surface area (Å²) in [6.07, 6.45) is 0.394. The first-order chi connectivity index (χ1) is 11.5. The summed E-state index contributed by atoms with van der Waals surface area (Å²) in [6.45, 7) is 2.25. The molecule has 126 valence electrons. The van der Waals surface area contributed by atoms with Crippen LogP contribution in [0.4, 0.5) is 11.4 Å². The van der Waals surface area contributed by atoms with Crippen LogP contribution in [-0.2, 0) is 11.3 Å². The molecule has 0 saturated carbocycles. The van der Waals surface area contributed by atoms with E-state index in [2.05, 4.69) is 10.6 Å². The molecule has 0 spiro atoms. The summed E-state index contributed by atoms with van der Waals surface area (Å²) < 4.78 is 0. The first kappa shape index (κ1) is 17.5. The minimum atomic E-state index is -0.171. The Bertz CT molecular complexity index is 712. The molecule has 0 fully saturated rings. The van der Waals surface area contributed by atoms with E-state index in [0.29, 0.717) is 24.2 Å². The third-order valence-electron chi connectivity index (χ3n) is 3.62. The van der Waals surface area contributed by atoms with Crippen LogP contribution in [0.1, 0.15) is 29.3 Å². The van der Waals surface area contributed by atoms with Gasteiger partial charge < -0.3 is 15.5 Å². The first-order valence-corrected chi connectivity index (χ1v) is 7.94. The van der Waals surface area contributed by atoms with Crippen molar-refractivity contribution in [3.8, 4) is 0 Å². The summed E-state index contributed by atoms with van der Waals surface area (Å²) >= 11 is 0. The Hall–Kier alpha value is -2.82. The molecule has 0 radical (unpaired) electrons. The van der Waals surface area contributed by atoms with Gasteiger partial charge in [-0.3, -0.25) is 9.59 Å². The normalized spacial score (nSPS) is 10.1. The fourth-order valence-corrected chi connectivity index (χ4v) is 2.31. The van der Waals surface area contributed by atoms with Crippen molar-refractivity contribution in [2.45, 2.75) is 19.9 Å². The van der Waals surface area contributed by atoms with E-state index in [-0.39, 0.29) is 11.8 Å². The van der Waals surface area contributed by atoms with Crippen LogP contribution in [0.2, 0.25) is 0 Å². The summed E-state index contributed by atoms with van der Waals surface area (Å²) in [5.41, 5.74) is 2.99. The van der Waals surface area contributed by atoms with Crippen molar-refractivity contribution in [2.24, 2.45) is 0 Å². The molecule has 2 amide bonds. The Morgan fingerprint density at radius 2 is 1.75 bits per heavy atom. The minimum Gasteiger partial charge on any atom is -0.377 e. The molecule has 0 aliphatic carbocycles. The van der Waals surface area contributed by atoms with Crippen molar-refractivity contribution in [2.75, 3.05) is 24.3 Å². The predicted octanol–water partition coefficient (Wildman–Crippen LogP) is 3.03. The van der Waals surface area contributed by atoms with Crippen LogP contribution in [0, 0.1) is 0 Å². The zero-order valence-electron chi connectivity index (χ0n) is 14.3. The molecular weight excluding hydrogens is 302 g/mol. The Kier molecular flexibility index (Phi) is 5.95. The smallest absolute Gasteiger partial charge is 0.253 e. The van der Waals surface area contributed by atoms with E-state index >= 15 is 0 Å². The van der Waals surface area contributed by atoms with Crippen molar-refractivity contribution in [3.05, 3.63) is 59.7 Å². The Labute approximate surface area is 142 Å². The van der Waals surface area contributed by atoms with E-state index in [9.17, 15) is 9.59 Å². The number of carbonyl (C=O) groups excluding carboxylic acids is 2. The van der Waals surface area contributed by atoms with Crippen LogP contribution >= 0.6 is 0 Å². The van der Waals surface area contributed by atoms with Gasteiger partial charge in [-0.05, 0) is 23.8 Å². The van der Waals surface area contributed by atoms with Crippen LogP contribution in [-0.4, -0.2) is 25.9 Å². The van der Waals surface area contributed by atoms with Gasteiger partial charge >= 0.3 is 0 Å².